The van der Waals surface area contributed by atoms with E-state index in [2.05, 4.69) is 24.1 Å². The molecular weight excluding hydrogens is 574 g/mol. The molecule has 0 saturated heterocycles. The Labute approximate surface area is 279 Å². The van der Waals surface area contributed by atoms with Gasteiger partial charge in [0, 0.05) is 11.1 Å². The normalized spacial score (nSPS) is 12.4. The number of fused-ring (bicyclic) bond motifs is 2. The third-order valence-corrected chi connectivity index (χ3v) is 8.81. The number of unbranched alkanes of at least 4 members (excludes halogenated alkanes) is 10. The molecule has 0 aliphatic heterocycles. The van der Waals surface area contributed by atoms with Crippen LogP contribution in [0.1, 0.15) is 142 Å². The summed E-state index contributed by atoms with van der Waals surface area (Å²) in [5.74, 6) is 0.609. The Bertz CT molecular complexity index is 1170. The molecule has 3 N–H and O–H groups in total. The minimum Gasteiger partial charge on any atom is -0.493 e. The zero-order chi connectivity index (χ0) is 32.8. The highest BCUT2D eigenvalue weighted by Gasteiger charge is 2.35. The van der Waals surface area contributed by atoms with Crippen molar-refractivity contribution in [2.24, 2.45) is 5.73 Å². The van der Waals surface area contributed by atoms with Gasteiger partial charge in [0.05, 0.1) is 24.3 Å². The fourth-order valence-corrected chi connectivity index (χ4v) is 6.18. The van der Waals surface area contributed by atoms with Crippen LogP contribution in [-0.2, 0) is 0 Å². The molecule has 3 rings (SSSR count). The first kappa shape index (κ1) is 37.7. The molecule has 0 fully saturated rings. The lowest BCUT2D eigenvalue weighted by Crippen LogP contribution is -2.31. The molecule has 0 heterocycles. The Balaban J connectivity index is 1.54. The van der Waals surface area contributed by atoms with E-state index in [1.807, 2.05) is 12.1 Å². The maximum Gasteiger partial charge on any atom is 0.198 e. The fourth-order valence-electron chi connectivity index (χ4n) is 6.18. The number of hydrogen-bond acceptors (Lipinski definition) is 7. The lowest BCUT2D eigenvalue weighted by molar-refractivity contribution is 0.0971. The van der Waals surface area contributed by atoms with Crippen molar-refractivity contribution >= 4 is 11.6 Å². The zero-order valence-electron chi connectivity index (χ0n) is 28.9. The van der Waals surface area contributed by atoms with Crippen molar-refractivity contribution < 1.29 is 19.1 Å². The number of rotatable bonds is 27. The molecule has 1 aliphatic carbocycles. The Morgan fingerprint density at radius 3 is 1.63 bits per heavy atom. The first-order chi connectivity index (χ1) is 22.6. The number of benzene rings is 2. The van der Waals surface area contributed by atoms with Crippen molar-refractivity contribution in [3.8, 4) is 11.5 Å². The van der Waals surface area contributed by atoms with Crippen LogP contribution in [0, 0.1) is 0 Å². The summed E-state index contributed by atoms with van der Waals surface area (Å²) in [5.41, 5.74) is 7.33. The summed E-state index contributed by atoms with van der Waals surface area (Å²) in [5, 5.41) is 3.48. The molecule has 0 spiro atoms. The Kier molecular flexibility index (Phi) is 18.6. The number of nitrogens with zero attached hydrogens (tertiary/aromatic N) is 1. The highest BCUT2D eigenvalue weighted by molar-refractivity contribution is 6.30. The van der Waals surface area contributed by atoms with Gasteiger partial charge in [-0.1, -0.05) is 95.9 Å². The van der Waals surface area contributed by atoms with Crippen molar-refractivity contribution in [1.29, 1.82) is 0 Å². The number of nitrogens with two attached hydrogens (primary N) is 1. The van der Waals surface area contributed by atoms with Gasteiger partial charge in [0.2, 0.25) is 0 Å². The molecule has 46 heavy (non-hydrogen) atoms. The van der Waals surface area contributed by atoms with Crippen LogP contribution in [0.25, 0.3) is 0 Å². The molecule has 2 aromatic carbocycles. The second kappa shape index (κ2) is 22.7. The largest absolute Gasteiger partial charge is 0.493 e. The van der Waals surface area contributed by atoms with Crippen LogP contribution in [0.2, 0.25) is 0 Å². The van der Waals surface area contributed by atoms with E-state index in [1.54, 1.807) is 24.3 Å². The average molecular weight is 636 g/mol. The van der Waals surface area contributed by atoms with E-state index in [-0.39, 0.29) is 11.6 Å². The van der Waals surface area contributed by atoms with E-state index in [0.29, 0.717) is 53.5 Å². The van der Waals surface area contributed by atoms with Crippen LogP contribution >= 0.6 is 0 Å². The van der Waals surface area contributed by atoms with Gasteiger partial charge in [0.25, 0.3) is 0 Å². The molecule has 0 atom stereocenters. The minimum absolute atomic E-state index is 0.169. The Hall–Kier alpha value is -2.74. The van der Waals surface area contributed by atoms with E-state index >= 15 is 0 Å². The highest BCUT2D eigenvalue weighted by atomic mass is 16.5. The van der Waals surface area contributed by atoms with E-state index < -0.39 is 0 Å². The zero-order valence-corrected chi connectivity index (χ0v) is 28.9. The molecule has 256 valence electrons. The summed E-state index contributed by atoms with van der Waals surface area (Å²) in [4.78, 5) is 29.9. The van der Waals surface area contributed by atoms with Crippen LogP contribution in [0.15, 0.2) is 36.4 Å². The number of ether oxygens (including phenoxy) is 2. The summed E-state index contributed by atoms with van der Waals surface area (Å²) >= 11 is 0. The van der Waals surface area contributed by atoms with Gasteiger partial charge in [-0.3, -0.25) is 9.59 Å². The number of nitrogens with one attached hydrogen (secondary N) is 1. The van der Waals surface area contributed by atoms with Crippen molar-refractivity contribution in [2.75, 3.05) is 52.5 Å². The van der Waals surface area contributed by atoms with Gasteiger partial charge < -0.3 is 25.4 Å². The van der Waals surface area contributed by atoms with Crippen LogP contribution in [-0.4, -0.2) is 68.9 Å². The smallest absolute Gasteiger partial charge is 0.198 e. The quantitative estimate of drug-likeness (QED) is 0.0821. The summed E-state index contributed by atoms with van der Waals surface area (Å²) in [6, 6.07) is 10.7. The first-order valence-electron chi connectivity index (χ1n) is 18.4. The number of carbonyl (C=O) groups is 2. The first-order valence-corrected chi connectivity index (χ1v) is 18.4. The maximum absolute atomic E-state index is 13.7. The SMILES string of the molecule is CCCCCCCCCCCCOc1ccc(OCCCCN(CCCN)CCCNCCC)c2c1C(=O)c1ccccc1C2=O. The summed E-state index contributed by atoms with van der Waals surface area (Å²) in [6.45, 7) is 11.3. The molecule has 7 nitrogen and oxygen atoms in total. The van der Waals surface area contributed by atoms with Gasteiger partial charge in [0.15, 0.2) is 11.6 Å². The van der Waals surface area contributed by atoms with Crippen molar-refractivity contribution in [2.45, 2.75) is 110 Å². The molecule has 0 unspecified atom stereocenters. The second-order valence-electron chi connectivity index (χ2n) is 12.7. The second-order valence-corrected chi connectivity index (χ2v) is 12.7. The molecular formula is C39H61N3O4. The molecule has 0 bridgehead atoms. The predicted molar refractivity (Wildman–Crippen MR) is 190 cm³/mol. The number of carbonyl (C=O) groups excluding carboxylic acids is 2. The van der Waals surface area contributed by atoms with Gasteiger partial charge in [-0.25, -0.2) is 0 Å². The average Bonchev–Trinajstić information content (AvgIpc) is 3.08. The summed E-state index contributed by atoms with van der Waals surface area (Å²) in [6.07, 6.45) is 17.6. The van der Waals surface area contributed by atoms with Crippen molar-refractivity contribution in [3.63, 3.8) is 0 Å². The Morgan fingerprint density at radius 2 is 1.09 bits per heavy atom. The van der Waals surface area contributed by atoms with Gasteiger partial charge in [0.1, 0.15) is 11.5 Å². The lowest BCUT2D eigenvalue weighted by Gasteiger charge is -2.23. The molecule has 0 aromatic heterocycles. The molecule has 1 aliphatic rings. The minimum atomic E-state index is -0.172. The maximum atomic E-state index is 13.7. The van der Waals surface area contributed by atoms with E-state index in [0.717, 1.165) is 77.7 Å². The van der Waals surface area contributed by atoms with E-state index in [1.165, 1.54) is 51.4 Å². The van der Waals surface area contributed by atoms with Crippen LogP contribution in [0.4, 0.5) is 0 Å². The van der Waals surface area contributed by atoms with Crippen molar-refractivity contribution in [1.82, 2.24) is 10.2 Å². The van der Waals surface area contributed by atoms with Crippen LogP contribution in [0.5, 0.6) is 11.5 Å². The Morgan fingerprint density at radius 1 is 0.587 bits per heavy atom. The predicted octanol–water partition coefficient (Wildman–Crippen LogP) is 7.96. The lowest BCUT2D eigenvalue weighted by atomic mass is 9.83. The van der Waals surface area contributed by atoms with Crippen LogP contribution in [0.3, 0.4) is 0 Å². The third kappa shape index (κ3) is 12.5. The molecule has 0 radical (unpaired) electrons. The highest BCUT2D eigenvalue weighted by Crippen LogP contribution is 2.39. The standard InChI is InChI=1S/C39H61N3O4/c1-3-5-6-7-8-9-10-11-12-16-30-45-34-22-23-35(37-36(34)38(43)32-20-13-14-21-33(32)39(37)44)46-31-17-15-27-42(28-18-24-40)29-19-26-41-25-4-2/h13-14,20-23,41H,3-12,15-19,24-31,40H2,1-2H3. The van der Waals surface area contributed by atoms with Crippen molar-refractivity contribution in [3.05, 3.63) is 58.7 Å². The summed E-state index contributed by atoms with van der Waals surface area (Å²) < 4.78 is 12.4. The molecule has 0 saturated carbocycles. The summed E-state index contributed by atoms with van der Waals surface area (Å²) in [7, 11) is 0. The van der Waals surface area contributed by atoms with E-state index in [9.17, 15) is 9.59 Å². The third-order valence-electron chi connectivity index (χ3n) is 8.81. The van der Waals surface area contributed by atoms with Gasteiger partial charge in [-0.05, 0) is 89.9 Å². The number of ketones is 2. The van der Waals surface area contributed by atoms with Gasteiger partial charge in [-0.15, -0.1) is 0 Å². The monoisotopic (exact) mass is 635 g/mol. The van der Waals surface area contributed by atoms with E-state index in [4.69, 9.17) is 15.2 Å². The van der Waals surface area contributed by atoms with Gasteiger partial charge in [-0.2, -0.15) is 0 Å². The molecule has 7 heteroatoms. The fraction of sp³-hybridized carbons (Fsp3) is 0.641. The molecule has 2 aromatic rings. The molecule has 0 amide bonds. The van der Waals surface area contributed by atoms with Crippen LogP contribution < -0.4 is 20.5 Å². The van der Waals surface area contributed by atoms with Gasteiger partial charge >= 0.3 is 0 Å². The topological polar surface area (TPSA) is 93.9 Å². The number of hydrogen-bond donors (Lipinski definition) is 2.